The molecule has 0 N–H and O–H groups in total. The van der Waals surface area contributed by atoms with Crippen molar-refractivity contribution in [1.82, 2.24) is 0 Å². The van der Waals surface area contributed by atoms with Crippen LogP contribution in [0.25, 0.3) is 0 Å². The minimum absolute atomic E-state index is 0.335. The summed E-state index contributed by atoms with van der Waals surface area (Å²) in [4.78, 5) is 0. The Balaban J connectivity index is 2.48. The second-order valence-electron chi connectivity index (χ2n) is 3.65. The first-order valence-corrected chi connectivity index (χ1v) is 4.45. The maximum absolute atomic E-state index is 5.67. The van der Waals surface area contributed by atoms with Gasteiger partial charge in [-0.25, -0.2) is 0 Å². The third kappa shape index (κ3) is 1.01. The van der Waals surface area contributed by atoms with Crippen LogP contribution < -0.4 is 4.74 Å². The number of benzene rings is 1. The highest BCUT2D eigenvalue weighted by Crippen LogP contribution is 2.37. The lowest BCUT2D eigenvalue weighted by molar-refractivity contribution is 0.232. The maximum atomic E-state index is 5.67. The molecule has 0 bridgehead atoms. The van der Waals surface area contributed by atoms with Gasteiger partial charge in [0.05, 0.1) is 0 Å². The van der Waals surface area contributed by atoms with Crippen LogP contribution in [-0.2, 0) is 0 Å². The van der Waals surface area contributed by atoms with E-state index in [0.29, 0.717) is 12.0 Å². The van der Waals surface area contributed by atoms with Gasteiger partial charge in [0.1, 0.15) is 11.9 Å². The van der Waals surface area contributed by atoms with Gasteiger partial charge in [0.15, 0.2) is 0 Å². The Kier molecular flexibility index (Phi) is 1.60. The molecule has 64 valence electrons. The molecule has 0 radical (unpaired) electrons. The number of hydrogen-bond acceptors (Lipinski definition) is 1. The van der Waals surface area contributed by atoms with Crippen molar-refractivity contribution in [3.05, 3.63) is 29.3 Å². The molecule has 2 rings (SSSR count). The van der Waals surface area contributed by atoms with E-state index in [1.165, 1.54) is 11.1 Å². The number of aryl methyl sites for hydroxylation is 1. The summed E-state index contributed by atoms with van der Waals surface area (Å²) in [6, 6.07) is 6.40. The van der Waals surface area contributed by atoms with E-state index in [9.17, 15) is 0 Å². The van der Waals surface area contributed by atoms with Gasteiger partial charge in [0.25, 0.3) is 0 Å². The highest BCUT2D eigenvalue weighted by molar-refractivity contribution is 5.42. The van der Waals surface area contributed by atoms with E-state index in [1.54, 1.807) is 0 Å². The fourth-order valence-electron chi connectivity index (χ4n) is 1.69. The van der Waals surface area contributed by atoms with Crippen molar-refractivity contribution in [3.63, 3.8) is 0 Å². The second-order valence-corrected chi connectivity index (χ2v) is 3.65. The topological polar surface area (TPSA) is 9.23 Å². The standard InChI is InChI=1S/C11H14O/c1-7-4-5-11-10(6-7)8(2)9(3)12-11/h4-6,8-9H,1-3H3/t8-,9+/m1/s1. The molecule has 2 atom stereocenters. The summed E-state index contributed by atoms with van der Waals surface area (Å²) in [5, 5.41) is 0. The van der Waals surface area contributed by atoms with Crippen LogP contribution in [-0.4, -0.2) is 6.10 Å². The van der Waals surface area contributed by atoms with Crippen molar-refractivity contribution in [1.29, 1.82) is 0 Å². The predicted octanol–water partition coefficient (Wildman–Crippen LogP) is 2.88. The van der Waals surface area contributed by atoms with Crippen molar-refractivity contribution >= 4 is 0 Å². The molecule has 1 aliphatic rings. The summed E-state index contributed by atoms with van der Waals surface area (Å²) < 4.78 is 5.67. The maximum Gasteiger partial charge on any atom is 0.123 e. The minimum Gasteiger partial charge on any atom is -0.490 e. The van der Waals surface area contributed by atoms with Gasteiger partial charge in [-0.05, 0) is 19.9 Å². The van der Waals surface area contributed by atoms with Gasteiger partial charge in [-0.15, -0.1) is 0 Å². The Morgan fingerprint density at radius 3 is 2.75 bits per heavy atom. The molecule has 0 unspecified atom stereocenters. The third-order valence-corrected chi connectivity index (χ3v) is 2.67. The molecule has 1 heterocycles. The molecule has 1 aromatic rings. The second kappa shape index (κ2) is 2.51. The molecular weight excluding hydrogens is 148 g/mol. The molecule has 0 saturated carbocycles. The molecule has 1 heteroatoms. The van der Waals surface area contributed by atoms with Crippen LogP contribution in [0.4, 0.5) is 0 Å². The molecule has 0 amide bonds. The molecule has 1 aliphatic heterocycles. The summed E-state index contributed by atoms with van der Waals surface area (Å²) in [6.07, 6.45) is 0.335. The summed E-state index contributed by atoms with van der Waals surface area (Å²) in [5.74, 6) is 1.61. The first-order chi connectivity index (χ1) is 5.68. The molecule has 0 saturated heterocycles. The van der Waals surface area contributed by atoms with Crippen LogP contribution in [0, 0.1) is 6.92 Å². The molecule has 12 heavy (non-hydrogen) atoms. The quantitative estimate of drug-likeness (QED) is 0.570. The molecule has 0 aromatic heterocycles. The van der Waals surface area contributed by atoms with Crippen molar-refractivity contribution in [3.8, 4) is 5.75 Å². The highest BCUT2D eigenvalue weighted by Gasteiger charge is 2.26. The zero-order chi connectivity index (χ0) is 8.72. The zero-order valence-electron chi connectivity index (χ0n) is 7.79. The van der Waals surface area contributed by atoms with Crippen molar-refractivity contribution in [2.45, 2.75) is 32.8 Å². The summed E-state index contributed by atoms with van der Waals surface area (Å²) >= 11 is 0. The van der Waals surface area contributed by atoms with E-state index >= 15 is 0 Å². The monoisotopic (exact) mass is 162 g/mol. The van der Waals surface area contributed by atoms with Gasteiger partial charge in [-0.3, -0.25) is 0 Å². The van der Waals surface area contributed by atoms with Gasteiger partial charge in [0.2, 0.25) is 0 Å². The molecule has 0 fully saturated rings. The van der Waals surface area contributed by atoms with Gasteiger partial charge in [0, 0.05) is 11.5 Å². The predicted molar refractivity (Wildman–Crippen MR) is 49.7 cm³/mol. The first-order valence-electron chi connectivity index (χ1n) is 4.45. The Morgan fingerprint density at radius 1 is 1.25 bits per heavy atom. The van der Waals surface area contributed by atoms with E-state index in [-0.39, 0.29) is 0 Å². The number of ether oxygens (including phenoxy) is 1. The lowest BCUT2D eigenvalue weighted by Crippen LogP contribution is -2.10. The van der Waals surface area contributed by atoms with Gasteiger partial charge in [-0.2, -0.15) is 0 Å². The van der Waals surface area contributed by atoms with Crippen molar-refractivity contribution in [2.75, 3.05) is 0 Å². The number of fused-ring (bicyclic) bond motifs is 1. The average Bonchev–Trinajstić information content (AvgIpc) is 2.31. The van der Waals surface area contributed by atoms with E-state index in [0.717, 1.165) is 5.75 Å². The van der Waals surface area contributed by atoms with Crippen molar-refractivity contribution < 1.29 is 4.74 Å². The van der Waals surface area contributed by atoms with Crippen molar-refractivity contribution in [2.24, 2.45) is 0 Å². The summed E-state index contributed by atoms with van der Waals surface area (Å²) in [6.45, 7) is 6.46. The first kappa shape index (κ1) is 7.66. The molecule has 0 aliphatic carbocycles. The third-order valence-electron chi connectivity index (χ3n) is 2.67. The molecule has 1 aromatic carbocycles. The lowest BCUT2D eigenvalue weighted by Gasteiger charge is -2.07. The summed E-state index contributed by atoms with van der Waals surface area (Å²) in [7, 11) is 0. The molecule has 1 nitrogen and oxygen atoms in total. The van der Waals surface area contributed by atoms with Crippen LogP contribution in [0.3, 0.4) is 0 Å². The summed E-state index contributed by atoms with van der Waals surface area (Å²) in [5.41, 5.74) is 2.68. The van der Waals surface area contributed by atoms with Gasteiger partial charge in [-0.1, -0.05) is 24.6 Å². The van der Waals surface area contributed by atoms with Crippen LogP contribution in [0.2, 0.25) is 0 Å². The smallest absolute Gasteiger partial charge is 0.123 e. The number of rotatable bonds is 0. The van der Waals surface area contributed by atoms with E-state index in [2.05, 4.69) is 39.0 Å². The Morgan fingerprint density at radius 2 is 2.00 bits per heavy atom. The fraction of sp³-hybridized carbons (Fsp3) is 0.455. The normalized spacial score (nSPS) is 26.6. The fourth-order valence-corrected chi connectivity index (χ4v) is 1.69. The van der Waals surface area contributed by atoms with Gasteiger partial charge >= 0.3 is 0 Å². The Bertz CT molecular complexity index is 304. The highest BCUT2D eigenvalue weighted by atomic mass is 16.5. The van der Waals surface area contributed by atoms with Crippen LogP contribution in [0.5, 0.6) is 5.75 Å². The average molecular weight is 162 g/mol. The van der Waals surface area contributed by atoms with E-state index < -0.39 is 0 Å². The lowest BCUT2D eigenvalue weighted by atomic mass is 9.97. The van der Waals surface area contributed by atoms with Gasteiger partial charge < -0.3 is 4.74 Å². The Hall–Kier alpha value is -0.980. The zero-order valence-corrected chi connectivity index (χ0v) is 7.79. The molecular formula is C11H14O. The Labute approximate surface area is 73.4 Å². The van der Waals surface area contributed by atoms with Crippen LogP contribution in [0.15, 0.2) is 18.2 Å². The van der Waals surface area contributed by atoms with E-state index in [1.807, 2.05) is 0 Å². The van der Waals surface area contributed by atoms with Crippen LogP contribution >= 0.6 is 0 Å². The number of hydrogen-bond donors (Lipinski definition) is 0. The SMILES string of the molecule is Cc1ccc2c(c1)[C@H](C)[C@H](C)O2. The largest absolute Gasteiger partial charge is 0.490 e. The van der Waals surface area contributed by atoms with Crippen LogP contribution in [0.1, 0.15) is 30.9 Å². The van der Waals surface area contributed by atoms with E-state index in [4.69, 9.17) is 4.74 Å². The minimum atomic E-state index is 0.335. The molecule has 0 spiro atoms.